The van der Waals surface area contributed by atoms with Crippen LogP contribution in [0.3, 0.4) is 0 Å². The Morgan fingerprint density at radius 1 is 1.06 bits per heavy atom. The fourth-order valence-corrected chi connectivity index (χ4v) is 1.46. The van der Waals surface area contributed by atoms with Crippen molar-refractivity contribution < 1.29 is 18.3 Å². The number of nitrogens with two attached hydrogens (primary N) is 1. The van der Waals surface area contributed by atoms with Gasteiger partial charge in [0, 0.05) is 13.0 Å². The minimum absolute atomic E-state index is 0.229. The van der Waals surface area contributed by atoms with Crippen molar-refractivity contribution in [1.82, 2.24) is 0 Å². The molecule has 3 N–H and O–H groups in total. The third-order valence-electron chi connectivity index (χ3n) is 2.47. The van der Waals surface area contributed by atoms with Gasteiger partial charge < -0.3 is 10.8 Å². The van der Waals surface area contributed by atoms with Crippen LogP contribution in [-0.4, -0.2) is 17.8 Å². The normalized spacial score (nSPS) is 15.8. The van der Waals surface area contributed by atoms with Crippen molar-refractivity contribution in [2.24, 2.45) is 5.73 Å². The predicted molar refractivity (Wildman–Crippen MR) is 54.7 cm³/mol. The van der Waals surface area contributed by atoms with Crippen molar-refractivity contribution in [3.63, 3.8) is 0 Å². The molecule has 1 aromatic carbocycles. The highest BCUT2D eigenvalue weighted by molar-refractivity contribution is 5.22. The van der Waals surface area contributed by atoms with Gasteiger partial charge >= 0.3 is 6.18 Å². The van der Waals surface area contributed by atoms with Gasteiger partial charge in [0.25, 0.3) is 0 Å². The van der Waals surface area contributed by atoms with Crippen molar-refractivity contribution in [2.45, 2.75) is 24.6 Å². The molecule has 0 saturated heterocycles. The summed E-state index contributed by atoms with van der Waals surface area (Å²) in [6, 6.07) is 8.18. The van der Waals surface area contributed by atoms with Crippen LogP contribution in [0.15, 0.2) is 30.3 Å². The molecule has 5 heteroatoms. The van der Waals surface area contributed by atoms with Gasteiger partial charge in [-0.3, -0.25) is 0 Å². The van der Waals surface area contributed by atoms with E-state index in [1.807, 2.05) is 0 Å². The first-order valence-electron chi connectivity index (χ1n) is 4.92. The Bertz CT molecular complexity index is 326. The maximum atomic E-state index is 12.1. The maximum absolute atomic E-state index is 12.1. The van der Waals surface area contributed by atoms with Gasteiger partial charge in [-0.15, -0.1) is 0 Å². The summed E-state index contributed by atoms with van der Waals surface area (Å²) in [5, 5.41) is 10.0. The van der Waals surface area contributed by atoms with E-state index in [4.69, 9.17) is 5.73 Å². The lowest BCUT2D eigenvalue weighted by molar-refractivity contribution is -0.146. The number of rotatable bonds is 4. The predicted octanol–water partition coefficient (Wildman–Crippen LogP) is 2.18. The molecule has 0 fully saturated rings. The molecule has 16 heavy (non-hydrogen) atoms. The van der Waals surface area contributed by atoms with Crippen LogP contribution in [-0.2, 0) is 5.60 Å². The second-order valence-electron chi connectivity index (χ2n) is 3.72. The lowest BCUT2D eigenvalue weighted by atomic mass is 9.89. The van der Waals surface area contributed by atoms with E-state index in [1.54, 1.807) is 30.3 Å². The molecule has 0 aliphatic rings. The highest BCUT2D eigenvalue weighted by atomic mass is 19.4. The van der Waals surface area contributed by atoms with Crippen molar-refractivity contribution in [3.05, 3.63) is 35.9 Å². The molecule has 0 aromatic heterocycles. The summed E-state index contributed by atoms with van der Waals surface area (Å²) in [5.74, 6) is 0. The maximum Gasteiger partial charge on any atom is 0.389 e. The van der Waals surface area contributed by atoms with Crippen LogP contribution >= 0.6 is 0 Å². The monoisotopic (exact) mass is 233 g/mol. The number of aliphatic hydroxyl groups is 1. The largest absolute Gasteiger partial charge is 0.389 e. The Kier molecular flexibility index (Phi) is 3.93. The van der Waals surface area contributed by atoms with Crippen molar-refractivity contribution >= 4 is 0 Å². The summed E-state index contributed by atoms with van der Waals surface area (Å²) < 4.78 is 36.3. The molecular weight excluding hydrogens is 219 g/mol. The van der Waals surface area contributed by atoms with Gasteiger partial charge in [0.05, 0.1) is 0 Å². The van der Waals surface area contributed by atoms with E-state index < -0.39 is 24.6 Å². The highest BCUT2D eigenvalue weighted by Gasteiger charge is 2.35. The smallest absolute Gasteiger partial charge is 0.384 e. The van der Waals surface area contributed by atoms with Crippen LogP contribution in [0.4, 0.5) is 13.2 Å². The Hall–Kier alpha value is -1.07. The van der Waals surface area contributed by atoms with Crippen LogP contribution in [0, 0.1) is 0 Å². The molecular formula is C11H14F3NO. The molecule has 1 unspecified atom stereocenters. The second kappa shape index (κ2) is 4.84. The number of hydrogen-bond acceptors (Lipinski definition) is 2. The van der Waals surface area contributed by atoms with E-state index >= 15 is 0 Å². The van der Waals surface area contributed by atoms with E-state index in [0.29, 0.717) is 5.56 Å². The van der Waals surface area contributed by atoms with E-state index in [9.17, 15) is 18.3 Å². The average molecular weight is 233 g/mol. The number of halogens is 3. The molecule has 1 atom stereocenters. The van der Waals surface area contributed by atoms with Gasteiger partial charge in [0.2, 0.25) is 0 Å². The Morgan fingerprint density at radius 3 is 2.06 bits per heavy atom. The van der Waals surface area contributed by atoms with Gasteiger partial charge in [0.1, 0.15) is 5.60 Å². The molecule has 0 aliphatic heterocycles. The van der Waals surface area contributed by atoms with Gasteiger partial charge in [-0.05, 0) is 12.0 Å². The van der Waals surface area contributed by atoms with Gasteiger partial charge in [-0.25, -0.2) is 0 Å². The third-order valence-corrected chi connectivity index (χ3v) is 2.47. The zero-order valence-electron chi connectivity index (χ0n) is 8.67. The fourth-order valence-electron chi connectivity index (χ4n) is 1.46. The van der Waals surface area contributed by atoms with E-state index in [2.05, 4.69) is 0 Å². The Morgan fingerprint density at radius 2 is 1.62 bits per heavy atom. The van der Waals surface area contributed by atoms with E-state index in [0.717, 1.165) is 0 Å². The van der Waals surface area contributed by atoms with E-state index in [1.165, 1.54) is 0 Å². The SMILES string of the molecule is NCC(O)(CCC(F)(F)F)c1ccccc1. The fraction of sp³-hybridized carbons (Fsp3) is 0.455. The van der Waals surface area contributed by atoms with Gasteiger partial charge in [-0.2, -0.15) is 13.2 Å². The summed E-state index contributed by atoms with van der Waals surface area (Å²) in [4.78, 5) is 0. The molecule has 0 heterocycles. The van der Waals surface area contributed by atoms with Crippen LogP contribution in [0.2, 0.25) is 0 Å². The molecule has 90 valence electrons. The second-order valence-corrected chi connectivity index (χ2v) is 3.72. The zero-order valence-corrected chi connectivity index (χ0v) is 8.67. The molecule has 0 amide bonds. The van der Waals surface area contributed by atoms with Crippen molar-refractivity contribution in [2.75, 3.05) is 6.54 Å². The molecule has 2 nitrogen and oxygen atoms in total. The molecule has 0 radical (unpaired) electrons. The van der Waals surface area contributed by atoms with E-state index in [-0.39, 0.29) is 6.54 Å². The van der Waals surface area contributed by atoms with Crippen LogP contribution in [0.25, 0.3) is 0 Å². The molecule has 1 aromatic rings. The van der Waals surface area contributed by atoms with Gasteiger partial charge in [0.15, 0.2) is 0 Å². The third kappa shape index (κ3) is 3.50. The van der Waals surface area contributed by atoms with Crippen LogP contribution in [0.1, 0.15) is 18.4 Å². The topological polar surface area (TPSA) is 46.2 Å². The molecule has 0 aliphatic carbocycles. The molecule has 0 spiro atoms. The van der Waals surface area contributed by atoms with Gasteiger partial charge in [-0.1, -0.05) is 30.3 Å². The lowest BCUT2D eigenvalue weighted by Crippen LogP contribution is -2.36. The lowest BCUT2D eigenvalue weighted by Gasteiger charge is -2.27. The number of alkyl halides is 3. The quantitative estimate of drug-likeness (QED) is 0.837. The van der Waals surface area contributed by atoms with Crippen molar-refractivity contribution in [1.29, 1.82) is 0 Å². The number of hydrogen-bond donors (Lipinski definition) is 2. The minimum Gasteiger partial charge on any atom is -0.384 e. The molecule has 0 bridgehead atoms. The first-order valence-corrected chi connectivity index (χ1v) is 4.92. The average Bonchev–Trinajstić information content (AvgIpc) is 2.26. The molecule has 1 rings (SSSR count). The minimum atomic E-state index is -4.28. The summed E-state index contributed by atoms with van der Waals surface area (Å²) in [7, 11) is 0. The zero-order chi connectivity index (χ0) is 12.2. The Balaban J connectivity index is 2.79. The Labute approximate surface area is 91.9 Å². The summed E-state index contributed by atoms with van der Waals surface area (Å²) in [5.41, 5.74) is 4.17. The first-order chi connectivity index (χ1) is 7.37. The molecule has 0 saturated carbocycles. The van der Waals surface area contributed by atoms with Crippen LogP contribution in [0.5, 0.6) is 0 Å². The highest BCUT2D eigenvalue weighted by Crippen LogP contribution is 2.31. The summed E-state index contributed by atoms with van der Waals surface area (Å²) >= 11 is 0. The summed E-state index contributed by atoms with van der Waals surface area (Å²) in [6.45, 7) is -0.229. The number of benzene rings is 1. The first kappa shape index (κ1) is 13.0. The summed E-state index contributed by atoms with van der Waals surface area (Å²) in [6.07, 6.45) is -5.75. The standard InChI is InChI=1S/C11H14F3NO/c12-11(13,14)7-6-10(16,8-15)9-4-2-1-3-5-9/h1-5,16H,6-8,15H2. The van der Waals surface area contributed by atoms with Crippen molar-refractivity contribution in [3.8, 4) is 0 Å². The van der Waals surface area contributed by atoms with Crippen LogP contribution < -0.4 is 5.73 Å².